The predicted molar refractivity (Wildman–Crippen MR) is 138 cm³/mol. The van der Waals surface area contributed by atoms with Gasteiger partial charge < -0.3 is 34.3 Å². The molecule has 40 heavy (non-hydrogen) atoms. The van der Waals surface area contributed by atoms with E-state index in [-0.39, 0.29) is 35.6 Å². The largest absolute Gasteiger partial charge is 0.512 e. The Morgan fingerprint density at radius 1 is 1.30 bits per heavy atom. The number of oxazole rings is 1. The summed E-state index contributed by atoms with van der Waals surface area (Å²) in [6, 6.07) is -1.50. The van der Waals surface area contributed by atoms with Crippen LogP contribution in [0, 0.1) is 0 Å². The molecule has 218 valence electrons. The van der Waals surface area contributed by atoms with Crippen molar-refractivity contribution in [3.05, 3.63) is 17.7 Å². The van der Waals surface area contributed by atoms with Gasteiger partial charge in [-0.2, -0.15) is 4.98 Å². The minimum atomic E-state index is -1.69. The number of aromatic nitrogens is 1. The van der Waals surface area contributed by atoms with Crippen LogP contribution in [0.4, 0.5) is 16.6 Å². The molecule has 1 aromatic heterocycles. The Balaban J connectivity index is 1.86. The quantitative estimate of drug-likeness (QED) is 0.138. The zero-order chi connectivity index (χ0) is 30.0. The first kappa shape index (κ1) is 30.3. The maximum absolute atomic E-state index is 13.3. The van der Waals surface area contributed by atoms with Crippen LogP contribution < -0.4 is 10.6 Å². The summed E-state index contributed by atoms with van der Waals surface area (Å²) < 4.78 is 20.1. The molecule has 0 unspecified atom stereocenters. The van der Waals surface area contributed by atoms with E-state index >= 15 is 0 Å². The van der Waals surface area contributed by atoms with Crippen molar-refractivity contribution in [3.8, 4) is 0 Å². The lowest BCUT2D eigenvalue weighted by Gasteiger charge is -2.51. The summed E-state index contributed by atoms with van der Waals surface area (Å²) in [6.07, 6.45) is 0.0928. The Morgan fingerprint density at radius 3 is 2.52 bits per heavy atom. The molecule has 2 aliphatic rings. The Bertz CT molecular complexity index is 1270. The van der Waals surface area contributed by atoms with E-state index < -0.39 is 52.5 Å². The van der Waals surface area contributed by atoms with E-state index in [1.165, 1.54) is 20.8 Å². The van der Waals surface area contributed by atoms with E-state index in [2.05, 4.69) is 10.1 Å². The lowest BCUT2D eigenvalue weighted by atomic mass is 10.0. The van der Waals surface area contributed by atoms with Crippen molar-refractivity contribution >= 4 is 59.7 Å². The molecule has 1 aromatic rings. The van der Waals surface area contributed by atoms with Gasteiger partial charge in [0.05, 0.1) is 0 Å². The lowest BCUT2D eigenvalue weighted by molar-refractivity contribution is -0.179. The fourth-order valence-corrected chi connectivity index (χ4v) is 4.82. The number of β-lactam (4-membered cyclic amide) rings is 1. The number of hydrogen-bond donors (Lipinski definition) is 2. The van der Waals surface area contributed by atoms with Crippen LogP contribution in [0.15, 0.2) is 27.3 Å². The summed E-state index contributed by atoms with van der Waals surface area (Å²) in [7, 11) is 0. The molecule has 1 fully saturated rings. The molecule has 3 rings (SSSR count). The normalized spacial score (nSPS) is 19.1. The van der Waals surface area contributed by atoms with E-state index in [1.54, 1.807) is 20.8 Å². The van der Waals surface area contributed by atoms with Crippen LogP contribution >= 0.6 is 11.8 Å². The average Bonchev–Trinajstić information content (AvgIpc) is 3.24. The monoisotopic (exact) mass is 583 g/mol. The number of anilines is 2. The molecule has 0 aliphatic carbocycles. The number of thioether (sulfide) groups is 1. The fraction of sp³-hybridized carbons (Fsp3) is 0.522. The molecule has 3 heterocycles. The van der Waals surface area contributed by atoms with Gasteiger partial charge in [-0.3, -0.25) is 24.2 Å². The van der Waals surface area contributed by atoms with Crippen LogP contribution in [0.3, 0.4) is 0 Å². The van der Waals surface area contributed by atoms with Gasteiger partial charge in [0.25, 0.3) is 17.8 Å². The van der Waals surface area contributed by atoms with Gasteiger partial charge in [-0.05, 0) is 34.6 Å². The van der Waals surface area contributed by atoms with Crippen molar-refractivity contribution in [2.24, 2.45) is 5.16 Å². The molecule has 16 nitrogen and oxygen atoms in total. The molecule has 3 N–H and O–H groups in total. The van der Waals surface area contributed by atoms with Gasteiger partial charge in [-0.1, -0.05) is 5.16 Å². The smallest absolute Gasteiger partial charge is 0.461 e. The third-order valence-corrected chi connectivity index (χ3v) is 6.53. The number of nitrogen functional groups attached to an aromatic ring is 1. The second kappa shape index (κ2) is 11.4. The molecule has 0 saturated carbocycles. The number of fused-ring (bicyclic) bond motifs is 1. The second-order valence-electron chi connectivity index (χ2n) is 10.0. The first-order chi connectivity index (χ1) is 18.5. The van der Waals surface area contributed by atoms with Crippen molar-refractivity contribution in [2.45, 2.75) is 64.2 Å². The van der Waals surface area contributed by atoms with Crippen LogP contribution in [0.25, 0.3) is 0 Å². The van der Waals surface area contributed by atoms with Gasteiger partial charge in [-0.15, -0.1) is 11.8 Å². The number of esters is 2. The maximum atomic E-state index is 13.3. The summed E-state index contributed by atoms with van der Waals surface area (Å²) in [4.78, 5) is 72.7. The average molecular weight is 584 g/mol. The first-order valence-electron chi connectivity index (χ1n) is 11.7. The van der Waals surface area contributed by atoms with Gasteiger partial charge in [-0.25, -0.2) is 9.59 Å². The number of oxime groups is 1. The standard InChI is InChI=1S/C23H29N5O11S/c1-11(29)35-8-12-10-40-18-15(16(31)28(18)17(12)37-21(33)34)27(13-9-36-20(24)26-13)14(30)7-25-39-23(5,6)19(32)38-22(2,3)4/h7,9,15,18H,8,10H2,1-6H3,(H2,24,26)(H,33,34)/t15-,18+/m1/s1. The highest BCUT2D eigenvalue weighted by Gasteiger charge is 2.57. The molecule has 1 saturated heterocycles. The third-order valence-electron chi connectivity index (χ3n) is 5.21. The number of nitrogens with zero attached hydrogens (tertiary/aromatic N) is 4. The Hall–Kier alpha value is -4.28. The second-order valence-corrected chi connectivity index (χ2v) is 11.1. The van der Waals surface area contributed by atoms with E-state index in [1.807, 2.05) is 0 Å². The van der Waals surface area contributed by atoms with Crippen LogP contribution in [0.5, 0.6) is 0 Å². The van der Waals surface area contributed by atoms with Gasteiger partial charge >= 0.3 is 18.1 Å². The molecule has 17 heteroatoms. The van der Waals surface area contributed by atoms with Crippen molar-refractivity contribution in [2.75, 3.05) is 23.0 Å². The minimum absolute atomic E-state index is 0.116. The zero-order valence-electron chi connectivity index (χ0n) is 22.5. The molecule has 0 radical (unpaired) electrons. The van der Waals surface area contributed by atoms with E-state index in [0.29, 0.717) is 0 Å². The number of hydrogen-bond acceptors (Lipinski definition) is 14. The summed E-state index contributed by atoms with van der Waals surface area (Å²) in [5.41, 5.74) is 3.48. The molecular weight excluding hydrogens is 554 g/mol. The van der Waals surface area contributed by atoms with E-state index in [4.69, 9.17) is 29.2 Å². The molecule has 0 aromatic carbocycles. The topological polar surface area (TPSA) is 213 Å². The molecule has 0 bridgehead atoms. The number of carbonyl (C=O) groups is 5. The summed E-state index contributed by atoms with van der Waals surface area (Å²) >= 11 is 1.16. The van der Waals surface area contributed by atoms with Crippen molar-refractivity contribution in [1.29, 1.82) is 0 Å². The van der Waals surface area contributed by atoms with E-state index in [0.717, 1.165) is 34.0 Å². The van der Waals surface area contributed by atoms with Crippen molar-refractivity contribution < 1.29 is 52.5 Å². The van der Waals surface area contributed by atoms with Crippen molar-refractivity contribution in [3.63, 3.8) is 0 Å². The summed E-state index contributed by atoms with van der Waals surface area (Å²) in [5, 5.41) is 12.0. The van der Waals surface area contributed by atoms with Crippen LogP contribution in [0.1, 0.15) is 41.5 Å². The minimum Gasteiger partial charge on any atom is -0.461 e. The van der Waals surface area contributed by atoms with Gasteiger partial charge in [0.1, 0.15) is 36.1 Å². The van der Waals surface area contributed by atoms with Gasteiger partial charge in [0.15, 0.2) is 5.82 Å². The summed E-state index contributed by atoms with van der Waals surface area (Å²) in [6.45, 7) is 8.71. The van der Waals surface area contributed by atoms with E-state index in [9.17, 15) is 29.1 Å². The molecule has 2 atom stereocenters. The number of nitrogens with two attached hydrogens (primary N) is 1. The van der Waals surface area contributed by atoms with Crippen molar-refractivity contribution in [1.82, 2.24) is 9.88 Å². The maximum Gasteiger partial charge on any atom is 0.512 e. The van der Waals surface area contributed by atoms with Gasteiger partial charge in [0.2, 0.25) is 11.5 Å². The highest BCUT2D eigenvalue weighted by molar-refractivity contribution is 8.00. The van der Waals surface area contributed by atoms with Gasteiger partial charge in [0, 0.05) is 18.2 Å². The number of amides is 2. The molecule has 0 spiro atoms. The fourth-order valence-electron chi connectivity index (χ4n) is 3.47. The Morgan fingerprint density at radius 2 is 1.98 bits per heavy atom. The number of ether oxygens (including phenoxy) is 3. The Kier molecular flexibility index (Phi) is 8.66. The van der Waals surface area contributed by atoms with Crippen LogP contribution in [-0.2, 0) is 38.2 Å². The molecule has 2 aliphatic heterocycles. The first-order valence-corrected chi connectivity index (χ1v) is 12.8. The Labute approximate surface area is 232 Å². The molecule has 2 amide bonds. The lowest BCUT2D eigenvalue weighted by Crippen LogP contribution is -2.71. The molecular formula is C23H29N5O11S. The highest BCUT2D eigenvalue weighted by Crippen LogP contribution is 2.43. The third kappa shape index (κ3) is 6.83. The summed E-state index contributed by atoms with van der Waals surface area (Å²) in [5.74, 6) is -3.29. The number of carboxylic acid groups (broad SMARTS) is 1. The number of carbonyl (C=O) groups excluding carboxylic acids is 4. The van der Waals surface area contributed by atoms with Crippen LogP contribution in [0.2, 0.25) is 0 Å². The SMILES string of the molecule is CC(=O)OCC1=C(OC(=O)O)N2C(=O)[C@@H](N(C(=O)C=NOC(C)(C)C(=O)OC(C)(C)C)c3coc(N)n3)[C@@H]2SC1. The number of rotatable bonds is 9. The highest BCUT2D eigenvalue weighted by atomic mass is 32.2. The predicted octanol–water partition coefficient (Wildman–Crippen LogP) is 1.47. The zero-order valence-corrected chi connectivity index (χ0v) is 23.3. The van der Waals surface area contributed by atoms with Crippen LogP contribution in [-0.4, -0.2) is 86.1 Å².